The lowest BCUT2D eigenvalue weighted by Gasteiger charge is -2.28. The van der Waals surface area contributed by atoms with Crippen LogP contribution >= 0.6 is 23.2 Å². The highest BCUT2D eigenvalue weighted by Gasteiger charge is 2.44. The molecule has 3 heterocycles. The van der Waals surface area contributed by atoms with Crippen LogP contribution in [0.25, 0.3) is 0 Å². The van der Waals surface area contributed by atoms with Crippen molar-refractivity contribution in [3.8, 4) is 0 Å². The first kappa shape index (κ1) is 14.4. The largest absolute Gasteiger partial charge is 0.395 e. The first-order chi connectivity index (χ1) is 9.60. The Labute approximate surface area is 128 Å². The molecule has 0 aliphatic carbocycles. The van der Waals surface area contributed by atoms with Crippen molar-refractivity contribution >= 4 is 28.9 Å². The zero-order valence-electron chi connectivity index (χ0n) is 11.2. The molecule has 1 aromatic heterocycles. The lowest BCUT2D eigenvalue weighted by molar-refractivity contribution is -0.164. The number of hydroxylamine groups is 2. The van der Waals surface area contributed by atoms with Crippen molar-refractivity contribution in [2.24, 2.45) is 5.92 Å². The van der Waals surface area contributed by atoms with Gasteiger partial charge >= 0.3 is 0 Å². The number of rotatable bonds is 3. The Hall–Kier alpha value is -0.590. The maximum Gasteiger partial charge on any atom is 0.147 e. The molecule has 5 nitrogen and oxygen atoms in total. The SMILES string of the molecule is C[C@@H](CO)N1OC[C@H]2CN(c3cnc(Cl)c(Cl)c3)C[C@H]21. The minimum atomic E-state index is 0.0110. The smallest absolute Gasteiger partial charge is 0.147 e. The number of hydrogen-bond acceptors (Lipinski definition) is 5. The lowest BCUT2D eigenvalue weighted by atomic mass is 10.1. The molecule has 110 valence electrons. The Kier molecular flexibility index (Phi) is 4.06. The molecule has 0 saturated carbocycles. The molecule has 0 bridgehead atoms. The Balaban J connectivity index is 1.75. The van der Waals surface area contributed by atoms with Gasteiger partial charge in [0.1, 0.15) is 5.15 Å². The molecule has 3 rings (SSSR count). The highest BCUT2D eigenvalue weighted by Crippen LogP contribution is 2.34. The minimum Gasteiger partial charge on any atom is -0.395 e. The van der Waals surface area contributed by atoms with Gasteiger partial charge in [0.2, 0.25) is 0 Å². The van der Waals surface area contributed by atoms with E-state index in [1.807, 2.05) is 18.1 Å². The van der Waals surface area contributed by atoms with E-state index in [0.29, 0.717) is 28.7 Å². The second kappa shape index (κ2) is 5.66. The third-order valence-electron chi connectivity index (χ3n) is 4.02. The summed E-state index contributed by atoms with van der Waals surface area (Å²) in [6, 6.07) is 2.15. The summed E-state index contributed by atoms with van der Waals surface area (Å²) >= 11 is 11.9. The molecule has 3 atom stereocenters. The number of anilines is 1. The molecular weight excluding hydrogens is 301 g/mol. The number of fused-ring (bicyclic) bond motifs is 1. The van der Waals surface area contributed by atoms with Crippen molar-refractivity contribution in [3.63, 3.8) is 0 Å². The van der Waals surface area contributed by atoms with Gasteiger partial charge in [0.15, 0.2) is 0 Å². The van der Waals surface area contributed by atoms with Gasteiger partial charge in [-0.05, 0) is 13.0 Å². The number of halogens is 2. The number of hydrogen-bond donors (Lipinski definition) is 1. The Bertz CT molecular complexity index is 503. The van der Waals surface area contributed by atoms with Crippen LogP contribution < -0.4 is 4.90 Å². The molecule has 1 aromatic rings. The number of pyridine rings is 1. The van der Waals surface area contributed by atoms with Crippen LogP contribution in [0.1, 0.15) is 6.92 Å². The van der Waals surface area contributed by atoms with Crippen LogP contribution in [0.3, 0.4) is 0 Å². The molecule has 2 aliphatic heterocycles. The van der Waals surface area contributed by atoms with Crippen LogP contribution in [0.5, 0.6) is 0 Å². The Morgan fingerprint density at radius 2 is 2.30 bits per heavy atom. The van der Waals surface area contributed by atoms with Crippen molar-refractivity contribution < 1.29 is 9.94 Å². The fourth-order valence-electron chi connectivity index (χ4n) is 2.91. The van der Waals surface area contributed by atoms with Crippen molar-refractivity contribution in [1.82, 2.24) is 10.0 Å². The van der Waals surface area contributed by atoms with Crippen LogP contribution in [-0.4, -0.2) is 53.5 Å². The van der Waals surface area contributed by atoms with E-state index in [4.69, 9.17) is 28.0 Å². The van der Waals surface area contributed by atoms with Crippen LogP contribution in [0.2, 0.25) is 10.2 Å². The van der Waals surface area contributed by atoms with E-state index in [1.54, 1.807) is 6.20 Å². The Morgan fingerprint density at radius 1 is 1.50 bits per heavy atom. The van der Waals surface area contributed by atoms with E-state index in [1.165, 1.54) is 0 Å². The average Bonchev–Trinajstić information content (AvgIpc) is 3.01. The van der Waals surface area contributed by atoms with Crippen LogP contribution in [0.4, 0.5) is 5.69 Å². The molecule has 2 aliphatic rings. The summed E-state index contributed by atoms with van der Waals surface area (Å²) in [6.45, 7) is 4.50. The van der Waals surface area contributed by atoms with Gasteiger partial charge in [-0.2, -0.15) is 5.06 Å². The summed E-state index contributed by atoms with van der Waals surface area (Å²) in [5.74, 6) is 0.443. The highest BCUT2D eigenvalue weighted by atomic mass is 35.5. The van der Waals surface area contributed by atoms with Crippen molar-refractivity contribution in [1.29, 1.82) is 0 Å². The van der Waals surface area contributed by atoms with Crippen LogP contribution in [-0.2, 0) is 4.84 Å². The summed E-state index contributed by atoms with van der Waals surface area (Å²) in [6.07, 6.45) is 1.75. The van der Waals surface area contributed by atoms with Gasteiger partial charge in [0.05, 0.1) is 42.2 Å². The van der Waals surface area contributed by atoms with Gasteiger partial charge in [-0.15, -0.1) is 0 Å². The van der Waals surface area contributed by atoms with E-state index >= 15 is 0 Å². The minimum absolute atomic E-state index is 0.0110. The van der Waals surface area contributed by atoms with Crippen molar-refractivity contribution in [2.45, 2.75) is 19.0 Å². The molecule has 7 heteroatoms. The molecule has 0 spiro atoms. The first-order valence-corrected chi connectivity index (χ1v) is 7.44. The average molecular weight is 318 g/mol. The van der Waals surface area contributed by atoms with Gasteiger partial charge < -0.3 is 10.0 Å². The van der Waals surface area contributed by atoms with E-state index in [0.717, 1.165) is 18.8 Å². The van der Waals surface area contributed by atoms with Crippen LogP contribution in [0, 0.1) is 5.92 Å². The lowest BCUT2D eigenvalue weighted by Crippen LogP contribution is -2.42. The molecule has 0 unspecified atom stereocenters. The van der Waals surface area contributed by atoms with E-state index in [2.05, 4.69) is 9.88 Å². The standard InChI is InChI=1S/C13H17Cl2N3O2/c1-8(6-19)18-12-5-17(4-9(12)7-20-18)10-2-11(14)13(15)16-3-10/h2-3,8-9,12,19H,4-7H2,1H3/t8-,9+,12+/m0/s1. The number of aliphatic hydroxyl groups excluding tert-OH is 1. The third kappa shape index (κ3) is 2.49. The highest BCUT2D eigenvalue weighted by molar-refractivity contribution is 6.41. The summed E-state index contributed by atoms with van der Waals surface area (Å²) in [4.78, 5) is 12.0. The molecule has 20 heavy (non-hydrogen) atoms. The van der Waals surface area contributed by atoms with E-state index in [9.17, 15) is 5.11 Å². The molecular formula is C13H17Cl2N3O2. The maximum atomic E-state index is 9.29. The quantitative estimate of drug-likeness (QED) is 0.862. The second-order valence-electron chi connectivity index (χ2n) is 5.39. The molecule has 2 saturated heterocycles. The predicted octanol–water partition coefficient (Wildman–Crippen LogP) is 1.82. The fourth-order valence-corrected chi connectivity index (χ4v) is 3.18. The van der Waals surface area contributed by atoms with Gasteiger partial charge in [-0.1, -0.05) is 23.2 Å². The van der Waals surface area contributed by atoms with Gasteiger partial charge in [-0.3, -0.25) is 4.84 Å². The summed E-state index contributed by atoms with van der Waals surface area (Å²) in [7, 11) is 0. The van der Waals surface area contributed by atoms with Crippen molar-refractivity contribution in [2.75, 3.05) is 31.2 Å². The zero-order chi connectivity index (χ0) is 14.3. The maximum absolute atomic E-state index is 9.29. The zero-order valence-corrected chi connectivity index (χ0v) is 12.7. The number of nitrogens with zero attached hydrogens (tertiary/aromatic N) is 3. The summed E-state index contributed by atoms with van der Waals surface area (Å²) in [5.41, 5.74) is 0.977. The normalized spacial score (nSPS) is 27.9. The molecule has 0 radical (unpaired) electrons. The number of aliphatic hydroxyl groups is 1. The topological polar surface area (TPSA) is 48.8 Å². The second-order valence-corrected chi connectivity index (χ2v) is 6.15. The monoisotopic (exact) mass is 317 g/mol. The van der Waals surface area contributed by atoms with Crippen molar-refractivity contribution in [3.05, 3.63) is 22.4 Å². The first-order valence-electron chi connectivity index (χ1n) is 6.68. The summed E-state index contributed by atoms with van der Waals surface area (Å²) in [5, 5.41) is 12.0. The summed E-state index contributed by atoms with van der Waals surface area (Å²) < 4.78 is 0. The third-order valence-corrected chi connectivity index (χ3v) is 4.70. The van der Waals surface area contributed by atoms with E-state index < -0.39 is 0 Å². The van der Waals surface area contributed by atoms with E-state index in [-0.39, 0.29) is 12.6 Å². The molecule has 1 N–H and O–H groups in total. The van der Waals surface area contributed by atoms with Gasteiger partial charge in [-0.25, -0.2) is 4.98 Å². The van der Waals surface area contributed by atoms with Gasteiger partial charge in [0.25, 0.3) is 0 Å². The fraction of sp³-hybridized carbons (Fsp3) is 0.615. The van der Waals surface area contributed by atoms with Crippen LogP contribution in [0.15, 0.2) is 12.3 Å². The molecule has 2 fully saturated rings. The molecule has 0 amide bonds. The van der Waals surface area contributed by atoms with Gasteiger partial charge in [0, 0.05) is 19.0 Å². The number of aromatic nitrogens is 1. The Morgan fingerprint density at radius 3 is 3.00 bits per heavy atom. The molecule has 0 aromatic carbocycles. The predicted molar refractivity (Wildman–Crippen MR) is 78.1 cm³/mol.